The molecule has 0 radical (unpaired) electrons. The van der Waals surface area contributed by atoms with E-state index in [0.717, 1.165) is 5.82 Å². The third kappa shape index (κ3) is 2.27. The molecule has 4 nitrogen and oxygen atoms in total. The van der Waals surface area contributed by atoms with Crippen LogP contribution in [0.5, 0.6) is 0 Å². The SMILES string of the molecule is CC1OCCC1(O)CNc1ccccn1. The Bertz CT molecular complexity index is 318. The van der Waals surface area contributed by atoms with E-state index >= 15 is 0 Å². The van der Waals surface area contributed by atoms with Crippen LogP contribution in [0.1, 0.15) is 13.3 Å². The van der Waals surface area contributed by atoms with E-state index < -0.39 is 5.60 Å². The van der Waals surface area contributed by atoms with Crippen LogP contribution in [0, 0.1) is 0 Å². The monoisotopic (exact) mass is 208 g/mol. The minimum atomic E-state index is -0.766. The van der Waals surface area contributed by atoms with E-state index in [1.165, 1.54) is 0 Å². The molecule has 0 bridgehead atoms. The fourth-order valence-corrected chi connectivity index (χ4v) is 1.71. The lowest BCUT2D eigenvalue weighted by molar-refractivity contribution is -0.0176. The maximum atomic E-state index is 10.2. The van der Waals surface area contributed by atoms with Crippen molar-refractivity contribution in [3.05, 3.63) is 24.4 Å². The molecule has 0 amide bonds. The average Bonchev–Trinajstić information content (AvgIpc) is 2.59. The molecule has 2 N–H and O–H groups in total. The van der Waals surface area contributed by atoms with Crippen LogP contribution < -0.4 is 5.32 Å². The number of hydrogen-bond acceptors (Lipinski definition) is 4. The summed E-state index contributed by atoms with van der Waals surface area (Å²) in [6.07, 6.45) is 2.28. The van der Waals surface area contributed by atoms with E-state index in [4.69, 9.17) is 4.74 Å². The molecule has 0 saturated carbocycles. The summed E-state index contributed by atoms with van der Waals surface area (Å²) in [6, 6.07) is 5.65. The zero-order chi connectivity index (χ0) is 10.7. The summed E-state index contributed by atoms with van der Waals surface area (Å²) in [4.78, 5) is 4.13. The predicted molar refractivity (Wildman–Crippen MR) is 57.7 cm³/mol. The highest BCUT2D eigenvalue weighted by atomic mass is 16.5. The van der Waals surface area contributed by atoms with Gasteiger partial charge in [-0.1, -0.05) is 6.07 Å². The molecule has 15 heavy (non-hydrogen) atoms. The summed E-state index contributed by atoms with van der Waals surface area (Å²) in [5.41, 5.74) is -0.766. The number of nitrogens with one attached hydrogen (secondary N) is 1. The highest BCUT2D eigenvalue weighted by Gasteiger charge is 2.39. The van der Waals surface area contributed by atoms with Crippen LogP contribution >= 0.6 is 0 Å². The minimum absolute atomic E-state index is 0.117. The summed E-state index contributed by atoms with van der Waals surface area (Å²) in [5, 5.41) is 13.3. The highest BCUT2D eigenvalue weighted by Crippen LogP contribution is 2.25. The van der Waals surface area contributed by atoms with Crippen molar-refractivity contribution in [3.63, 3.8) is 0 Å². The van der Waals surface area contributed by atoms with Gasteiger partial charge in [0.05, 0.1) is 6.10 Å². The lowest BCUT2D eigenvalue weighted by atomic mass is 9.97. The van der Waals surface area contributed by atoms with Crippen molar-refractivity contribution in [2.45, 2.75) is 25.0 Å². The van der Waals surface area contributed by atoms with E-state index in [9.17, 15) is 5.11 Å². The normalized spacial score (nSPS) is 30.4. The molecule has 1 aliphatic heterocycles. The lowest BCUT2D eigenvalue weighted by Crippen LogP contribution is -2.43. The van der Waals surface area contributed by atoms with Crippen molar-refractivity contribution in [1.29, 1.82) is 0 Å². The Morgan fingerprint density at radius 3 is 3.13 bits per heavy atom. The van der Waals surface area contributed by atoms with E-state index in [1.807, 2.05) is 25.1 Å². The first-order chi connectivity index (χ1) is 7.21. The van der Waals surface area contributed by atoms with Crippen molar-refractivity contribution in [1.82, 2.24) is 4.98 Å². The summed E-state index contributed by atoms with van der Waals surface area (Å²) in [7, 11) is 0. The van der Waals surface area contributed by atoms with Crippen LogP contribution in [0.15, 0.2) is 24.4 Å². The fraction of sp³-hybridized carbons (Fsp3) is 0.545. The Morgan fingerprint density at radius 1 is 1.67 bits per heavy atom. The first-order valence-corrected chi connectivity index (χ1v) is 5.20. The fourth-order valence-electron chi connectivity index (χ4n) is 1.71. The summed E-state index contributed by atoms with van der Waals surface area (Å²) in [6.45, 7) is 3.00. The number of pyridine rings is 1. The van der Waals surface area contributed by atoms with Crippen molar-refractivity contribution < 1.29 is 9.84 Å². The standard InChI is InChI=1S/C11H16N2O2/c1-9-11(14,5-7-15-9)8-13-10-4-2-3-6-12-10/h2-4,6,9,14H,5,7-8H2,1H3,(H,12,13). The third-order valence-electron chi connectivity index (χ3n) is 2.90. The molecule has 2 atom stereocenters. The van der Waals surface area contributed by atoms with Crippen molar-refractivity contribution >= 4 is 5.82 Å². The number of aromatic nitrogens is 1. The van der Waals surface area contributed by atoms with Gasteiger partial charge in [-0.2, -0.15) is 0 Å². The molecule has 0 aromatic carbocycles. The molecule has 1 aromatic heterocycles. The van der Waals surface area contributed by atoms with Gasteiger partial charge >= 0.3 is 0 Å². The molecule has 4 heteroatoms. The molecule has 1 aliphatic rings. The predicted octanol–water partition coefficient (Wildman–Crippen LogP) is 1.03. The molecule has 82 valence electrons. The van der Waals surface area contributed by atoms with Gasteiger partial charge in [0.1, 0.15) is 11.4 Å². The van der Waals surface area contributed by atoms with Crippen LogP contribution in [0.3, 0.4) is 0 Å². The molecule has 2 rings (SSSR count). The minimum Gasteiger partial charge on any atom is -0.385 e. The Morgan fingerprint density at radius 2 is 2.53 bits per heavy atom. The van der Waals surface area contributed by atoms with Crippen molar-refractivity contribution in [2.75, 3.05) is 18.5 Å². The maximum absolute atomic E-state index is 10.2. The molecular weight excluding hydrogens is 192 g/mol. The molecule has 1 aromatic rings. The molecule has 0 spiro atoms. The van der Waals surface area contributed by atoms with Crippen LogP contribution in [0.25, 0.3) is 0 Å². The van der Waals surface area contributed by atoms with Gasteiger partial charge in [0.25, 0.3) is 0 Å². The van der Waals surface area contributed by atoms with E-state index in [1.54, 1.807) is 6.20 Å². The number of ether oxygens (including phenoxy) is 1. The van der Waals surface area contributed by atoms with E-state index in [0.29, 0.717) is 19.6 Å². The van der Waals surface area contributed by atoms with Gasteiger partial charge in [-0.05, 0) is 19.1 Å². The zero-order valence-electron chi connectivity index (χ0n) is 8.81. The second-order valence-corrected chi connectivity index (χ2v) is 3.94. The van der Waals surface area contributed by atoms with Crippen LogP contribution in [-0.4, -0.2) is 34.9 Å². The van der Waals surface area contributed by atoms with Gasteiger partial charge in [-0.3, -0.25) is 0 Å². The van der Waals surface area contributed by atoms with Crippen LogP contribution in [0.2, 0.25) is 0 Å². The second-order valence-electron chi connectivity index (χ2n) is 3.94. The first-order valence-electron chi connectivity index (χ1n) is 5.20. The van der Waals surface area contributed by atoms with E-state index in [2.05, 4.69) is 10.3 Å². The molecule has 1 saturated heterocycles. The van der Waals surface area contributed by atoms with Gasteiger partial charge < -0.3 is 15.2 Å². The Balaban J connectivity index is 1.93. The van der Waals surface area contributed by atoms with Gasteiger partial charge in [0.2, 0.25) is 0 Å². The Hall–Kier alpha value is -1.13. The number of hydrogen-bond donors (Lipinski definition) is 2. The number of rotatable bonds is 3. The molecule has 0 aliphatic carbocycles. The number of aliphatic hydroxyl groups is 1. The topological polar surface area (TPSA) is 54.4 Å². The van der Waals surface area contributed by atoms with Gasteiger partial charge in [-0.25, -0.2) is 4.98 Å². The Kier molecular flexibility index (Phi) is 2.88. The number of anilines is 1. The van der Waals surface area contributed by atoms with Crippen molar-refractivity contribution in [2.24, 2.45) is 0 Å². The summed E-state index contributed by atoms with van der Waals surface area (Å²) in [5.74, 6) is 0.782. The average molecular weight is 208 g/mol. The van der Waals surface area contributed by atoms with Crippen LogP contribution in [0.4, 0.5) is 5.82 Å². The maximum Gasteiger partial charge on any atom is 0.125 e. The summed E-state index contributed by atoms with van der Waals surface area (Å²) >= 11 is 0. The second kappa shape index (κ2) is 4.16. The van der Waals surface area contributed by atoms with Gasteiger partial charge in [0.15, 0.2) is 0 Å². The quantitative estimate of drug-likeness (QED) is 0.779. The molecule has 2 unspecified atom stereocenters. The van der Waals surface area contributed by atoms with E-state index in [-0.39, 0.29) is 6.10 Å². The Labute approximate surface area is 89.3 Å². The van der Waals surface area contributed by atoms with Gasteiger partial charge in [0, 0.05) is 25.8 Å². The third-order valence-corrected chi connectivity index (χ3v) is 2.90. The smallest absolute Gasteiger partial charge is 0.125 e. The van der Waals surface area contributed by atoms with Gasteiger partial charge in [-0.15, -0.1) is 0 Å². The largest absolute Gasteiger partial charge is 0.385 e. The number of nitrogens with zero attached hydrogens (tertiary/aromatic N) is 1. The highest BCUT2D eigenvalue weighted by molar-refractivity contribution is 5.33. The molecule has 2 heterocycles. The molecule has 1 fully saturated rings. The summed E-state index contributed by atoms with van der Waals surface area (Å²) < 4.78 is 5.35. The first kappa shape index (κ1) is 10.4. The zero-order valence-corrected chi connectivity index (χ0v) is 8.81. The van der Waals surface area contributed by atoms with Crippen LogP contribution in [-0.2, 0) is 4.74 Å². The molecular formula is C11H16N2O2. The van der Waals surface area contributed by atoms with Crippen molar-refractivity contribution in [3.8, 4) is 0 Å². The lowest BCUT2D eigenvalue weighted by Gasteiger charge is -2.26.